The zero-order valence-electron chi connectivity index (χ0n) is 14.7. The Morgan fingerprint density at radius 1 is 1.42 bits per heavy atom. The second kappa shape index (κ2) is 8.07. The predicted molar refractivity (Wildman–Crippen MR) is 104 cm³/mol. The van der Waals surface area contributed by atoms with E-state index >= 15 is 0 Å². The van der Waals surface area contributed by atoms with Crippen LogP contribution in [0.3, 0.4) is 0 Å². The maximum Gasteiger partial charge on any atom is 0.255 e. The fourth-order valence-corrected chi connectivity index (χ4v) is 3.43. The summed E-state index contributed by atoms with van der Waals surface area (Å²) in [4.78, 5) is 22.3. The molecule has 7 heteroatoms. The summed E-state index contributed by atoms with van der Waals surface area (Å²) in [5, 5.41) is 3.35. The van der Waals surface area contributed by atoms with Crippen LogP contribution in [0, 0.1) is 0 Å². The topological polar surface area (TPSA) is 69.0 Å². The standard InChI is InChI=1S/C19H20N4O2S/c1-4-12-25-13(2)18(24)22-19-21-15(14-8-6-5-7-9-14)16(26-19)17-20-10-11-23(17)3/h4-11,13H,1,12H2,2-3H3,(H,21,22,24)/t13-/m1/s1. The van der Waals surface area contributed by atoms with Crippen LogP contribution in [0.5, 0.6) is 0 Å². The Hall–Kier alpha value is -2.77. The number of nitrogens with one attached hydrogen (secondary N) is 1. The van der Waals surface area contributed by atoms with E-state index in [0.717, 1.165) is 22.0 Å². The van der Waals surface area contributed by atoms with E-state index < -0.39 is 6.10 Å². The molecular weight excluding hydrogens is 348 g/mol. The van der Waals surface area contributed by atoms with E-state index in [1.54, 1.807) is 19.2 Å². The molecule has 1 N–H and O–H groups in total. The Morgan fingerprint density at radius 2 is 2.19 bits per heavy atom. The lowest BCUT2D eigenvalue weighted by Crippen LogP contribution is -2.27. The van der Waals surface area contributed by atoms with Crippen LogP contribution in [0.15, 0.2) is 55.4 Å². The van der Waals surface area contributed by atoms with Crippen molar-refractivity contribution in [3.63, 3.8) is 0 Å². The molecule has 3 aromatic rings. The number of rotatable bonds is 7. The molecule has 0 saturated heterocycles. The van der Waals surface area contributed by atoms with Crippen molar-refractivity contribution in [2.75, 3.05) is 11.9 Å². The minimum atomic E-state index is -0.589. The van der Waals surface area contributed by atoms with Gasteiger partial charge in [0.1, 0.15) is 6.10 Å². The summed E-state index contributed by atoms with van der Waals surface area (Å²) < 4.78 is 7.30. The monoisotopic (exact) mass is 368 g/mol. The van der Waals surface area contributed by atoms with E-state index in [1.165, 1.54) is 11.3 Å². The number of hydrogen-bond donors (Lipinski definition) is 1. The second-order valence-electron chi connectivity index (χ2n) is 5.68. The summed E-state index contributed by atoms with van der Waals surface area (Å²) in [5.74, 6) is 0.560. The normalized spacial score (nSPS) is 11.9. The molecule has 0 fully saturated rings. The Kier molecular flexibility index (Phi) is 5.60. The zero-order chi connectivity index (χ0) is 18.5. The molecule has 0 aliphatic carbocycles. The van der Waals surface area contributed by atoms with Gasteiger partial charge in [-0.3, -0.25) is 10.1 Å². The van der Waals surface area contributed by atoms with Crippen molar-refractivity contribution in [3.05, 3.63) is 55.4 Å². The van der Waals surface area contributed by atoms with Crippen LogP contribution in [0.2, 0.25) is 0 Å². The number of amides is 1. The number of anilines is 1. The molecule has 0 radical (unpaired) electrons. The highest BCUT2D eigenvalue weighted by atomic mass is 32.1. The Labute approximate surface area is 156 Å². The summed E-state index contributed by atoms with van der Waals surface area (Å²) in [6.07, 6.45) is 4.65. The van der Waals surface area contributed by atoms with E-state index in [0.29, 0.717) is 11.7 Å². The van der Waals surface area contributed by atoms with E-state index in [4.69, 9.17) is 4.74 Å². The summed E-state index contributed by atoms with van der Waals surface area (Å²) in [6, 6.07) is 9.85. The summed E-state index contributed by atoms with van der Waals surface area (Å²) >= 11 is 1.39. The molecule has 26 heavy (non-hydrogen) atoms. The van der Waals surface area contributed by atoms with Crippen LogP contribution in [-0.4, -0.2) is 33.2 Å². The first-order chi connectivity index (χ1) is 12.6. The molecule has 0 spiro atoms. The fourth-order valence-electron chi connectivity index (χ4n) is 2.40. The highest BCUT2D eigenvalue weighted by Crippen LogP contribution is 2.38. The number of aromatic nitrogens is 3. The molecule has 0 aliphatic heterocycles. The van der Waals surface area contributed by atoms with Gasteiger partial charge in [0.05, 0.1) is 17.2 Å². The highest BCUT2D eigenvalue weighted by molar-refractivity contribution is 7.19. The average Bonchev–Trinajstić information content (AvgIpc) is 3.26. The molecule has 0 unspecified atom stereocenters. The van der Waals surface area contributed by atoms with Crippen molar-refractivity contribution in [2.45, 2.75) is 13.0 Å². The van der Waals surface area contributed by atoms with E-state index in [-0.39, 0.29) is 5.91 Å². The lowest BCUT2D eigenvalue weighted by Gasteiger charge is -2.10. The lowest BCUT2D eigenvalue weighted by molar-refractivity contribution is -0.125. The Morgan fingerprint density at radius 3 is 2.85 bits per heavy atom. The first-order valence-electron chi connectivity index (χ1n) is 8.17. The van der Waals surface area contributed by atoms with E-state index in [1.807, 2.05) is 48.1 Å². The Balaban J connectivity index is 1.93. The third kappa shape index (κ3) is 3.89. The van der Waals surface area contributed by atoms with Gasteiger partial charge in [-0.25, -0.2) is 9.97 Å². The second-order valence-corrected chi connectivity index (χ2v) is 6.68. The quantitative estimate of drug-likeness (QED) is 0.645. The molecule has 0 saturated carbocycles. The van der Waals surface area contributed by atoms with Crippen molar-refractivity contribution in [1.82, 2.24) is 14.5 Å². The van der Waals surface area contributed by atoms with Crippen LogP contribution < -0.4 is 5.32 Å². The van der Waals surface area contributed by atoms with Gasteiger partial charge in [0.15, 0.2) is 11.0 Å². The number of imidazole rings is 1. The number of benzene rings is 1. The largest absolute Gasteiger partial charge is 0.365 e. The summed E-state index contributed by atoms with van der Waals surface area (Å²) in [7, 11) is 1.93. The van der Waals surface area contributed by atoms with Gasteiger partial charge in [-0.05, 0) is 6.92 Å². The molecule has 2 heterocycles. The third-order valence-corrected chi connectivity index (χ3v) is 4.73. The zero-order valence-corrected chi connectivity index (χ0v) is 15.5. The maximum absolute atomic E-state index is 12.3. The number of carbonyl (C=O) groups excluding carboxylic acids is 1. The number of hydrogen-bond acceptors (Lipinski definition) is 5. The Bertz CT molecular complexity index is 901. The molecule has 6 nitrogen and oxygen atoms in total. The van der Waals surface area contributed by atoms with Gasteiger partial charge in [-0.2, -0.15) is 0 Å². The minimum absolute atomic E-state index is 0.244. The number of aryl methyl sites for hydroxylation is 1. The van der Waals surface area contributed by atoms with Gasteiger partial charge in [0, 0.05) is 25.0 Å². The molecule has 0 bridgehead atoms. The number of ether oxygens (including phenoxy) is 1. The average molecular weight is 368 g/mol. The fraction of sp³-hybridized carbons (Fsp3) is 0.211. The van der Waals surface area contributed by atoms with Crippen LogP contribution in [0.25, 0.3) is 22.0 Å². The molecule has 3 rings (SSSR count). The van der Waals surface area contributed by atoms with Crippen molar-refractivity contribution < 1.29 is 9.53 Å². The van der Waals surface area contributed by atoms with Gasteiger partial charge >= 0.3 is 0 Å². The number of nitrogens with zero attached hydrogens (tertiary/aromatic N) is 3. The van der Waals surface area contributed by atoms with Gasteiger partial charge in [0.2, 0.25) is 0 Å². The highest BCUT2D eigenvalue weighted by Gasteiger charge is 2.20. The van der Waals surface area contributed by atoms with Gasteiger partial charge in [0.25, 0.3) is 5.91 Å². The van der Waals surface area contributed by atoms with Crippen molar-refractivity contribution in [3.8, 4) is 22.0 Å². The van der Waals surface area contributed by atoms with Crippen molar-refractivity contribution >= 4 is 22.4 Å². The smallest absolute Gasteiger partial charge is 0.255 e. The SMILES string of the molecule is C=CCO[C@H](C)C(=O)Nc1nc(-c2ccccc2)c(-c2nccn2C)s1. The van der Waals surface area contributed by atoms with Crippen LogP contribution in [0.1, 0.15) is 6.92 Å². The van der Waals surface area contributed by atoms with Crippen LogP contribution in [-0.2, 0) is 16.6 Å². The predicted octanol–water partition coefficient (Wildman–Crippen LogP) is 3.74. The van der Waals surface area contributed by atoms with Crippen LogP contribution in [0.4, 0.5) is 5.13 Å². The lowest BCUT2D eigenvalue weighted by atomic mass is 10.1. The molecule has 1 amide bonds. The molecular formula is C19H20N4O2S. The van der Waals surface area contributed by atoms with Crippen LogP contribution >= 0.6 is 11.3 Å². The molecule has 134 valence electrons. The number of thiazole rings is 1. The first-order valence-corrected chi connectivity index (χ1v) is 8.99. The molecule has 2 aromatic heterocycles. The molecule has 0 aliphatic rings. The third-order valence-electron chi connectivity index (χ3n) is 3.76. The molecule has 1 aromatic carbocycles. The summed E-state index contributed by atoms with van der Waals surface area (Å²) in [5.41, 5.74) is 1.76. The maximum atomic E-state index is 12.3. The number of carbonyl (C=O) groups is 1. The van der Waals surface area contributed by atoms with E-state index in [9.17, 15) is 4.79 Å². The first kappa shape index (κ1) is 18.0. The van der Waals surface area contributed by atoms with Gasteiger partial charge in [-0.15, -0.1) is 6.58 Å². The van der Waals surface area contributed by atoms with Gasteiger partial charge < -0.3 is 9.30 Å². The van der Waals surface area contributed by atoms with Crippen molar-refractivity contribution in [1.29, 1.82) is 0 Å². The molecule has 1 atom stereocenters. The minimum Gasteiger partial charge on any atom is -0.365 e. The van der Waals surface area contributed by atoms with Gasteiger partial charge in [-0.1, -0.05) is 47.7 Å². The summed E-state index contributed by atoms with van der Waals surface area (Å²) in [6.45, 7) is 5.60. The van der Waals surface area contributed by atoms with Crippen molar-refractivity contribution in [2.24, 2.45) is 7.05 Å². The van der Waals surface area contributed by atoms with E-state index in [2.05, 4.69) is 21.9 Å².